The Morgan fingerprint density at radius 2 is 1.89 bits per heavy atom. The molecule has 0 heterocycles. The van der Waals surface area contributed by atoms with Crippen LogP contribution in [0.3, 0.4) is 0 Å². The molecule has 0 bridgehead atoms. The van der Waals surface area contributed by atoms with E-state index < -0.39 is 7.25 Å². The first kappa shape index (κ1) is 16.2. The van der Waals surface area contributed by atoms with E-state index in [-0.39, 0.29) is 6.10 Å². The Balaban J connectivity index is 0.000000494. The van der Waals surface area contributed by atoms with Crippen LogP contribution in [0.4, 0.5) is 23.0 Å². The zero-order valence-corrected chi connectivity index (χ0v) is 9.99. The second-order valence-corrected chi connectivity index (χ2v) is 3.43. The van der Waals surface area contributed by atoms with E-state index in [1.165, 1.54) is 0 Å². The topological polar surface area (TPSA) is 37.4 Å². The fourth-order valence-electron chi connectivity index (χ4n) is 0.935. The minimum absolute atomic E-state index is 0.189. The van der Waals surface area contributed by atoms with Crippen molar-refractivity contribution in [3.05, 3.63) is 29.2 Å². The number of diazo groups is 1. The summed E-state index contributed by atoms with van der Waals surface area (Å²) in [6.07, 6.45) is 1.15. The molecule has 1 aromatic rings. The van der Waals surface area contributed by atoms with Crippen molar-refractivity contribution in [2.75, 3.05) is 0 Å². The standard InChI is InChI=1S/C10H13N2O.BF4/c1-3-8(2)13-10-6-4-5-9(7-10)12-11;2-1(3,4)5/h4-8H,3H2,1-2H3;/q+1;-1. The summed E-state index contributed by atoms with van der Waals surface area (Å²) >= 11 is 0. The Bertz CT molecular complexity index is 400. The van der Waals surface area contributed by atoms with E-state index in [0.29, 0.717) is 5.69 Å². The number of hydrogen-bond donors (Lipinski definition) is 0. The summed E-state index contributed by atoms with van der Waals surface area (Å²) in [6.45, 7) is 4.06. The van der Waals surface area contributed by atoms with E-state index >= 15 is 0 Å². The molecule has 0 saturated carbocycles. The molecule has 1 unspecified atom stereocenters. The van der Waals surface area contributed by atoms with Crippen LogP contribution in [0.5, 0.6) is 5.75 Å². The first-order chi connectivity index (χ1) is 8.26. The third-order valence-corrected chi connectivity index (χ3v) is 1.85. The minimum atomic E-state index is -6.00. The predicted molar refractivity (Wildman–Crippen MR) is 61.8 cm³/mol. The monoisotopic (exact) mass is 264 g/mol. The molecule has 0 amide bonds. The highest BCUT2D eigenvalue weighted by Crippen LogP contribution is 2.20. The maximum absolute atomic E-state index is 9.75. The van der Waals surface area contributed by atoms with Crippen molar-refractivity contribution in [2.45, 2.75) is 26.4 Å². The van der Waals surface area contributed by atoms with Gasteiger partial charge in [-0.3, -0.25) is 0 Å². The number of halogens is 4. The van der Waals surface area contributed by atoms with Crippen molar-refractivity contribution in [1.29, 1.82) is 5.39 Å². The van der Waals surface area contributed by atoms with E-state index in [4.69, 9.17) is 10.1 Å². The average molecular weight is 264 g/mol. The highest BCUT2D eigenvalue weighted by molar-refractivity contribution is 6.50. The number of rotatable bonds is 3. The first-order valence-electron chi connectivity index (χ1n) is 5.25. The molecule has 3 nitrogen and oxygen atoms in total. The molecule has 1 aromatic carbocycles. The number of benzene rings is 1. The predicted octanol–water partition coefficient (Wildman–Crippen LogP) is 4.65. The molecule has 0 aromatic heterocycles. The Morgan fingerprint density at radius 3 is 2.33 bits per heavy atom. The van der Waals surface area contributed by atoms with Gasteiger partial charge in [-0.05, 0) is 19.4 Å². The molecule has 0 aliphatic carbocycles. The van der Waals surface area contributed by atoms with Gasteiger partial charge in [-0.1, -0.05) is 13.0 Å². The number of hydrogen-bond acceptors (Lipinski definition) is 2. The van der Waals surface area contributed by atoms with Crippen molar-refractivity contribution in [3.63, 3.8) is 0 Å². The van der Waals surface area contributed by atoms with Crippen LogP contribution in [0.15, 0.2) is 24.3 Å². The molecular formula is C10H13BF4N2O. The third-order valence-electron chi connectivity index (χ3n) is 1.85. The van der Waals surface area contributed by atoms with Crippen LogP contribution in [-0.2, 0) is 0 Å². The summed E-state index contributed by atoms with van der Waals surface area (Å²) in [4.78, 5) is 3.08. The van der Waals surface area contributed by atoms with Crippen molar-refractivity contribution < 1.29 is 22.0 Å². The Morgan fingerprint density at radius 1 is 1.33 bits per heavy atom. The van der Waals surface area contributed by atoms with Gasteiger partial charge in [0.15, 0.2) is 4.98 Å². The van der Waals surface area contributed by atoms with E-state index in [2.05, 4.69) is 11.9 Å². The molecule has 0 N–H and O–H groups in total. The summed E-state index contributed by atoms with van der Waals surface area (Å²) in [6, 6.07) is 7.06. The fraction of sp³-hybridized carbons (Fsp3) is 0.400. The SMILES string of the molecule is CCC(C)Oc1cccc([N+]#N)c1.F[B-](F)(F)F. The lowest BCUT2D eigenvalue weighted by Crippen LogP contribution is -2.09. The van der Waals surface area contributed by atoms with Crippen molar-refractivity contribution in [3.8, 4) is 5.75 Å². The number of nitrogens with zero attached hydrogens (tertiary/aromatic N) is 2. The van der Waals surface area contributed by atoms with Gasteiger partial charge in [0.25, 0.3) is 0 Å². The zero-order valence-electron chi connectivity index (χ0n) is 9.99. The number of ether oxygens (including phenoxy) is 1. The summed E-state index contributed by atoms with van der Waals surface area (Å²) < 4.78 is 44.5. The van der Waals surface area contributed by atoms with Crippen LogP contribution < -0.4 is 4.74 Å². The fourth-order valence-corrected chi connectivity index (χ4v) is 0.935. The molecule has 8 heteroatoms. The van der Waals surface area contributed by atoms with Crippen LogP contribution in [0.2, 0.25) is 0 Å². The van der Waals surface area contributed by atoms with E-state index in [9.17, 15) is 17.3 Å². The quantitative estimate of drug-likeness (QED) is 0.452. The highest BCUT2D eigenvalue weighted by Gasteiger charge is 2.20. The van der Waals surface area contributed by atoms with E-state index in [1.54, 1.807) is 18.2 Å². The lowest BCUT2D eigenvalue weighted by molar-refractivity contribution is 0.217. The molecule has 0 aliphatic rings. The molecule has 100 valence electrons. The summed E-state index contributed by atoms with van der Waals surface area (Å²) in [5.41, 5.74) is 0.515. The van der Waals surface area contributed by atoms with Gasteiger partial charge in [0.05, 0.1) is 12.2 Å². The summed E-state index contributed by atoms with van der Waals surface area (Å²) in [5.74, 6) is 0.740. The average Bonchev–Trinajstić information content (AvgIpc) is 2.27. The molecule has 1 rings (SSSR count). The largest absolute Gasteiger partial charge is 0.673 e. The van der Waals surface area contributed by atoms with Crippen molar-refractivity contribution >= 4 is 12.9 Å². The highest BCUT2D eigenvalue weighted by atomic mass is 19.5. The molecule has 0 aliphatic heterocycles. The molecule has 18 heavy (non-hydrogen) atoms. The smallest absolute Gasteiger partial charge is 0.490 e. The molecule has 0 saturated heterocycles. The lowest BCUT2D eigenvalue weighted by Gasteiger charge is -2.10. The maximum Gasteiger partial charge on any atom is 0.673 e. The Kier molecular flexibility index (Phi) is 6.79. The molecule has 1 atom stereocenters. The van der Waals surface area contributed by atoms with Crippen LogP contribution in [-0.4, -0.2) is 13.4 Å². The van der Waals surface area contributed by atoms with Crippen molar-refractivity contribution in [2.24, 2.45) is 0 Å². The molecule has 0 radical (unpaired) electrons. The van der Waals surface area contributed by atoms with Gasteiger partial charge in [-0.15, -0.1) is 0 Å². The second kappa shape index (κ2) is 7.53. The van der Waals surface area contributed by atoms with Crippen molar-refractivity contribution in [1.82, 2.24) is 0 Å². The van der Waals surface area contributed by atoms with Gasteiger partial charge in [0, 0.05) is 6.07 Å². The molecule has 0 spiro atoms. The van der Waals surface area contributed by atoms with E-state index in [1.807, 2.05) is 13.0 Å². The third kappa shape index (κ3) is 9.45. The van der Waals surface area contributed by atoms with Gasteiger partial charge in [0.2, 0.25) is 5.39 Å². The van der Waals surface area contributed by atoms with Gasteiger partial charge < -0.3 is 22.0 Å². The van der Waals surface area contributed by atoms with Gasteiger partial charge in [0.1, 0.15) is 5.75 Å². The van der Waals surface area contributed by atoms with Gasteiger partial charge in [-0.25, -0.2) is 0 Å². The summed E-state index contributed by atoms with van der Waals surface area (Å²) in [5, 5.41) is 8.52. The van der Waals surface area contributed by atoms with Crippen LogP contribution in [0.1, 0.15) is 20.3 Å². The van der Waals surface area contributed by atoms with Crippen LogP contribution in [0, 0.1) is 5.39 Å². The van der Waals surface area contributed by atoms with Gasteiger partial charge in [-0.2, -0.15) is 0 Å². The van der Waals surface area contributed by atoms with Crippen LogP contribution in [0.25, 0.3) is 4.98 Å². The molecule has 0 fully saturated rings. The normalized spacial score (nSPS) is 11.8. The van der Waals surface area contributed by atoms with Gasteiger partial charge >= 0.3 is 12.9 Å². The zero-order chi connectivity index (χ0) is 14.2. The lowest BCUT2D eigenvalue weighted by atomic mass is 10.3. The second-order valence-electron chi connectivity index (χ2n) is 3.43. The first-order valence-corrected chi connectivity index (χ1v) is 5.25. The van der Waals surface area contributed by atoms with E-state index in [0.717, 1.165) is 12.2 Å². The Labute approximate surface area is 102 Å². The summed E-state index contributed by atoms with van der Waals surface area (Å²) in [7, 11) is -6.00. The minimum Gasteiger partial charge on any atom is -0.490 e. The Hall–Kier alpha value is -1.78. The van der Waals surface area contributed by atoms with Crippen LogP contribution >= 0.6 is 0 Å². The molecular weight excluding hydrogens is 251 g/mol. The maximum atomic E-state index is 9.75.